The molecule has 0 saturated carbocycles. The molecule has 0 bridgehead atoms. The number of aromatic hydroxyl groups is 1. The Labute approximate surface area is 88.9 Å². The third-order valence-electron chi connectivity index (χ3n) is 2.12. The zero-order chi connectivity index (χ0) is 11.3. The van der Waals surface area contributed by atoms with Crippen molar-refractivity contribution >= 4 is 5.91 Å². The highest BCUT2D eigenvalue weighted by Gasteiger charge is 2.04. The van der Waals surface area contributed by atoms with Gasteiger partial charge in [0.15, 0.2) is 0 Å². The minimum absolute atomic E-state index is 0.0622. The van der Waals surface area contributed by atoms with Crippen molar-refractivity contribution in [2.75, 3.05) is 13.7 Å². The Morgan fingerprint density at radius 3 is 2.93 bits per heavy atom. The SMILES string of the molecule is CNC(=O)CCOc1cccc(O)c1C. The number of carbonyl (C=O) groups excluding carboxylic acids is 1. The van der Waals surface area contributed by atoms with Gasteiger partial charge in [-0.25, -0.2) is 0 Å². The molecule has 1 amide bonds. The molecule has 0 heterocycles. The molecule has 1 aromatic carbocycles. The van der Waals surface area contributed by atoms with Crippen LogP contribution in [-0.4, -0.2) is 24.7 Å². The number of benzene rings is 1. The average molecular weight is 209 g/mol. The van der Waals surface area contributed by atoms with Gasteiger partial charge in [-0.1, -0.05) is 6.07 Å². The summed E-state index contributed by atoms with van der Waals surface area (Å²) in [6.45, 7) is 2.08. The van der Waals surface area contributed by atoms with Crippen LogP contribution in [0.2, 0.25) is 0 Å². The van der Waals surface area contributed by atoms with E-state index in [4.69, 9.17) is 4.74 Å². The van der Waals surface area contributed by atoms with Gasteiger partial charge in [-0.05, 0) is 19.1 Å². The van der Waals surface area contributed by atoms with Gasteiger partial charge >= 0.3 is 0 Å². The molecule has 15 heavy (non-hydrogen) atoms. The minimum Gasteiger partial charge on any atom is -0.508 e. The number of phenolic OH excluding ortho intramolecular Hbond substituents is 1. The quantitative estimate of drug-likeness (QED) is 0.783. The summed E-state index contributed by atoms with van der Waals surface area (Å²) in [5.41, 5.74) is 0.689. The molecule has 1 aromatic rings. The van der Waals surface area contributed by atoms with Crippen molar-refractivity contribution in [3.63, 3.8) is 0 Å². The summed E-state index contributed by atoms with van der Waals surface area (Å²) in [5, 5.41) is 11.9. The standard InChI is InChI=1S/C11H15NO3/c1-8-9(13)4-3-5-10(8)15-7-6-11(14)12-2/h3-5,13H,6-7H2,1-2H3,(H,12,14). The van der Waals surface area contributed by atoms with Crippen molar-refractivity contribution in [2.24, 2.45) is 0 Å². The Balaban J connectivity index is 2.51. The van der Waals surface area contributed by atoms with Crippen LogP contribution in [0, 0.1) is 6.92 Å². The predicted molar refractivity (Wildman–Crippen MR) is 57.0 cm³/mol. The fourth-order valence-corrected chi connectivity index (χ4v) is 1.14. The summed E-state index contributed by atoms with van der Waals surface area (Å²) in [5.74, 6) is 0.749. The smallest absolute Gasteiger partial charge is 0.223 e. The van der Waals surface area contributed by atoms with E-state index in [1.165, 1.54) is 0 Å². The Kier molecular flexibility index (Phi) is 3.97. The lowest BCUT2D eigenvalue weighted by molar-refractivity contribution is -0.121. The first-order chi connectivity index (χ1) is 7.15. The third kappa shape index (κ3) is 3.16. The number of nitrogens with one attached hydrogen (secondary N) is 1. The molecular formula is C11H15NO3. The zero-order valence-corrected chi connectivity index (χ0v) is 8.91. The van der Waals surface area contributed by atoms with E-state index in [9.17, 15) is 9.90 Å². The number of hydrogen-bond donors (Lipinski definition) is 2. The molecule has 0 atom stereocenters. The molecular weight excluding hydrogens is 194 g/mol. The summed E-state index contributed by atoms with van der Waals surface area (Å²) in [6, 6.07) is 5.07. The number of amides is 1. The van der Waals surface area contributed by atoms with Crippen molar-refractivity contribution in [3.8, 4) is 11.5 Å². The second kappa shape index (κ2) is 5.24. The number of rotatable bonds is 4. The molecule has 0 aromatic heterocycles. The van der Waals surface area contributed by atoms with Gasteiger partial charge in [0, 0.05) is 12.6 Å². The van der Waals surface area contributed by atoms with Crippen molar-refractivity contribution < 1.29 is 14.6 Å². The summed E-state index contributed by atoms with van der Waals surface area (Å²) < 4.78 is 5.37. The van der Waals surface area contributed by atoms with Gasteiger partial charge in [-0.15, -0.1) is 0 Å². The van der Waals surface area contributed by atoms with E-state index >= 15 is 0 Å². The molecule has 0 radical (unpaired) electrons. The van der Waals surface area contributed by atoms with Gasteiger partial charge in [0.2, 0.25) is 5.91 Å². The molecule has 0 fully saturated rings. The highest BCUT2D eigenvalue weighted by molar-refractivity contribution is 5.75. The Hall–Kier alpha value is -1.71. The molecule has 4 nitrogen and oxygen atoms in total. The monoisotopic (exact) mass is 209 g/mol. The van der Waals surface area contributed by atoms with Gasteiger partial charge < -0.3 is 15.2 Å². The third-order valence-corrected chi connectivity index (χ3v) is 2.12. The normalized spacial score (nSPS) is 9.73. The maximum Gasteiger partial charge on any atom is 0.223 e. The summed E-state index contributed by atoms with van der Waals surface area (Å²) >= 11 is 0. The maximum absolute atomic E-state index is 10.9. The topological polar surface area (TPSA) is 58.6 Å². The van der Waals surface area contributed by atoms with Crippen LogP contribution in [0.15, 0.2) is 18.2 Å². The average Bonchev–Trinajstić information content (AvgIpc) is 2.24. The minimum atomic E-state index is -0.0622. The molecule has 4 heteroatoms. The van der Waals surface area contributed by atoms with Gasteiger partial charge in [0.25, 0.3) is 0 Å². The Bertz CT molecular complexity index is 350. The van der Waals surface area contributed by atoms with Gasteiger partial charge in [-0.3, -0.25) is 4.79 Å². The van der Waals surface area contributed by atoms with Gasteiger partial charge in [-0.2, -0.15) is 0 Å². The summed E-state index contributed by atoms with van der Waals surface area (Å²) in [7, 11) is 1.59. The fraction of sp³-hybridized carbons (Fsp3) is 0.364. The van der Waals surface area contributed by atoms with Crippen LogP contribution in [0.1, 0.15) is 12.0 Å². The Morgan fingerprint density at radius 2 is 2.27 bits per heavy atom. The highest BCUT2D eigenvalue weighted by Crippen LogP contribution is 2.25. The predicted octanol–water partition coefficient (Wildman–Crippen LogP) is 1.22. The van der Waals surface area contributed by atoms with E-state index in [1.807, 2.05) is 0 Å². The molecule has 0 aliphatic heterocycles. The van der Waals surface area contributed by atoms with Crippen LogP contribution in [-0.2, 0) is 4.79 Å². The molecule has 0 saturated heterocycles. The Morgan fingerprint density at radius 1 is 1.53 bits per heavy atom. The first-order valence-corrected chi connectivity index (χ1v) is 4.77. The molecule has 0 unspecified atom stereocenters. The van der Waals surface area contributed by atoms with Crippen LogP contribution in [0.4, 0.5) is 0 Å². The van der Waals surface area contributed by atoms with E-state index in [0.29, 0.717) is 24.3 Å². The molecule has 0 aliphatic carbocycles. The number of hydrogen-bond acceptors (Lipinski definition) is 3. The maximum atomic E-state index is 10.9. The molecule has 0 spiro atoms. The second-order valence-corrected chi connectivity index (χ2v) is 3.17. The zero-order valence-electron chi connectivity index (χ0n) is 8.91. The fourth-order valence-electron chi connectivity index (χ4n) is 1.14. The van der Waals surface area contributed by atoms with Gasteiger partial charge in [0.05, 0.1) is 13.0 Å². The van der Waals surface area contributed by atoms with Crippen LogP contribution >= 0.6 is 0 Å². The largest absolute Gasteiger partial charge is 0.508 e. The van der Waals surface area contributed by atoms with Crippen molar-refractivity contribution in [3.05, 3.63) is 23.8 Å². The molecule has 2 N–H and O–H groups in total. The van der Waals surface area contributed by atoms with E-state index in [0.717, 1.165) is 0 Å². The molecule has 82 valence electrons. The number of ether oxygens (including phenoxy) is 1. The first kappa shape index (κ1) is 11.4. The highest BCUT2D eigenvalue weighted by atomic mass is 16.5. The van der Waals surface area contributed by atoms with Crippen LogP contribution in [0.25, 0.3) is 0 Å². The second-order valence-electron chi connectivity index (χ2n) is 3.17. The first-order valence-electron chi connectivity index (χ1n) is 4.77. The lowest BCUT2D eigenvalue weighted by atomic mass is 10.2. The summed E-state index contributed by atoms with van der Waals surface area (Å²) in [4.78, 5) is 10.9. The van der Waals surface area contributed by atoms with E-state index in [1.54, 1.807) is 32.2 Å². The molecule has 1 rings (SSSR count). The number of phenols is 1. The van der Waals surface area contributed by atoms with Crippen LogP contribution in [0.5, 0.6) is 11.5 Å². The number of carbonyl (C=O) groups is 1. The molecule has 0 aliphatic rings. The van der Waals surface area contributed by atoms with Crippen molar-refractivity contribution in [1.82, 2.24) is 5.32 Å². The van der Waals surface area contributed by atoms with Crippen molar-refractivity contribution in [1.29, 1.82) is 0 Å². The van der Waals surface area contributed by atoms with Crippen LogP contribution in [0.3, 0.4) is 0 Å². The van der Waals surface area contributed by atoms with E-state index < -0.39 is 0 Å². The van der Waals surface area contributed by atoms with Gasteiger partial charge in [0.1, 0.15) is 11.5 Å². The van der Waals surface area contributed by atoms with E-state index in [-0.39, 0.29) is 11.7 Å². The van der Waals surface area contributed by atoms with Crippen LogP contribution < -0.4 is 10.1 Å². The van der Waals surface area contributed by atoms with E-state index in [2.05, 4.69) is 5.32 Å². The lowest BCUT2D eigenvalue weighted by Crippen LogP contribution is -2.20. The van der Waals surface area contributed by atoms with Crippen molar-refractivity contribution in [2.45, 2.75) is 13.3 Å². The summed E-state index contributed by atoms with van der Waals surface area (Å²) in [6.07, 6.45) is 0.311. The lowest BCUT2D eigenvalue weighted by Gasteiger charge is -2.09.